The van der Waals surface area contributed by atoms with Crippen molar-refractivity contribution < 1.29 is 18.3 Å². The van der Waals surface area contributed by atoms with Crippen LogP contribution in [0.3, 0.4) is 0 Å². The van der Waals surface area contributed by atoms with Gasteiger partial charge in [-0.1, -0.05) is 12.1 Å². The minimum Gasteiger partial charge on any atom is -0.465 e. The molecule has 1 fully saturated rings. The highest BCUT2D eigenvalue weighted by Gasteiger charge is 2.24. The number of nitrogens with zero attached hydrogens (tertiary/aromatic N) is 1. The summed E-state index contributed by atoms with van der Waals surface area (Å²) in [5.74, 6) is 0.261. The van der Waals surface area contributed by atoms with Crippen LogP contribution >= 0.6 is 0 Å². The molecule has 1 aromatic carbocycles. The molecular formula is C17H16FNO3. The van der Waals surface area contributed by atoms with Gasteiger partial charge in [-0.05, 0) is 35.9 Å². The summed E-state index contributed by atoms with van der Waals surface area (Å²) in [5, 5.41) is 0. The third-order valence-corrected chi connectivity index (χ3v) is 3.55. The van der Waals surface area contributed by atoms with E-state index in [0.29, 0.717) is 25.5 Å². The van der Waals surface area contributed by atoms with Gasteiger partial charge in [0.1, 0.15) is 17.7 Å². The van der Waals surface area contributed by atoms with E-state index >= 15 is 0 Å². The van der Waals surface area contributed by atoms with Gasteiger partial charge in [0.2, 0.25) is 5.91 Å². The van der Waals surface area contributed by atoms with E-state index in [-0.39, 0.29) is 17.8 Å². The lowest BCUT2D eigenvalue weighted by Gasteiger charge is -2.32. The van der Waals surface area contributed by atoms with Crippen molar-refractivity contribution in [1.29, 1.82) is 0 Å². The van der Waals surface area contributed by atoms with E-state index in [4.69, 9.17) is 9.15 Å². The Hall–Kier alpha value is -2.40. The molecule has 1 saturated heterocycles. The van der Waals surface area contributed by atoms with Crippen molar-refractivity contribution >= 4 is 12.0 Å². The van der Waals surface area contributed by atoms with Gasteiger partial charge < -0.3 is 14.1 Å². The number of hydrogen-bond acceptors (Lipinski definition) is 3. The molecule has 1 atom stereocenters. The van der Waals surface area contributed by atoms with E-state index in [1.807, 2.05) is 0 Å². The molecule has 114 valence electrons. The summed E-state index contributed by atoms with van der Waals surface area (Å²) < 4.78 is 23.8. The first-order valence-corrected chi connectivity index (χ1v) is 7.10. The van der Waals surface area contributed by atoms with Gasteiger partial charge in [0.15, 0.2) is 0 Å². The lowest BCUT2D eigenvalue weighted by molar-refractivity contribution is -0.133. The SMILES string of the molecule is O=C(/C=C/c1ccco1)N1CCOC(c2ccc(F)cc2)C1. The molecule has 22 heavy (non-hydrogen) atoms. The summed E-state index contributed by atoms with van der Waals surface area (Å²) in [4.78, 5) is 13.9. The quantitative estimate of drug-likeness (QED) is 0.818. The summed E-state index contributed by atoms with van der Waals surface area (Å²) in [5.41, 5.74) is 0.869. The zero-order valence-electron chi connectivity index (χ0n) is 11.9. The zero-order valence-corrected chi connectivity index (χ0v) is 11.9. The van der Waals surface area contributed by atoms with Crippen LogP contribution in [-0.4, -0.2) is 30.5 Å². The Labute approximate surface area is 127 Å². The number of furan rings is 1. The Morgan fingerprint density at radius 2 is 2.09 bits per heavy atom. The maximum absolute atomic E-state index is 13.0. The smallest absolute Gasteiger partial charge is 0.246 e. The van der Waals surface area contributed by atoms with Crippen molar-refractivity contribution in [2.45, 2.75) is 6.10 Å². The first kappa shape index (κ1) is 14.5. The molecule has 1 aliphatic heterocycles. The molecule has 4 nitrogen and oxygen atoms in total. The number of carbonyl (C=O) groups is 1. The minimum atomic E-state index is -0.283. The number of hydrogen-bond donors (Lipinski definition) is 0. The second-order valence-corrected chi connectivity index (χ2v) is 5.04. The number of rotatable bonds is 3. The van der Waals surface area contributed by atoms with Gasteiger partial charge in [0.25, 0.3) is 0 Å². The number of morpholine rings is 1. The predicted octanol–water partition coefficient (Wildman–Crippen LogP) is 3.03. The summed E-state index contributed by atoms with van der Waals surface area (Å²) in [6.07, 6.45) is 4.47. The Balaban J connectivity index is 1.65. The van der Waals surface area contributed by atoms with Crippen molar-refractivity contribution in [3.05, 3.63) is 65.9 Å². The molecule has 0 N–H and O–H groups in total. The lowest BCUT2D eigenvalue weighted by atomic mass is 10.1. The van der Waals surface area contributed by atoms with Gasteiger partial charge in [-0.25, -0.2) is 4.39 Å². The van der Waals surface area contributed by atoms with E-state index < -0.39 is 0 Å². The Bertz CT molecular complexity index is 649. The number of benzene rings is 1. The monoisotopic (exact) mass is 301 g/mol. The molecule has 1 aliphatic rings. The van der Waals surface area contributed by atoms with Crippen molar-refractivity contribution in [3.8, 4) is 0 Å². The zero-order chi connectivity index (χ0) is 15.4. The Kier molecular flexibility index (Phi) is 4.34. The number of carbonyl (C=O) groups excluding carboxylic acids is 1. The largest absolute Gasteiger partial charge is 0.465 e. The molecule has 2 heterocycles. The van der Waals surface area contributed by atoms with Crippen LogP contribution in [-0.2, 0) is 9.53 Å². The highest BCUT2D eigenvalue weighted by atomic mass is 19.1. The van der Waals surface area contributed by atoms with Crippen LogP contribution in [0.1, 0.15) is 17.4 Å². The lowest BCUT2D eigenvalue weighted by Crippen LogP contribution is -2.41. The number of halogens is 1. The number of ether oxygens (including phenoxy) is 1. The summed E-state index contributed by atoms with van der Waals surface area (Å²) in [7, 11) is 0. The molecule has 1 aromatic heterocycles. The van der Waals surface area contributed by atoms with Crippen LogP contribution in [0.5, 0.6) is 0 Å². The van der Waals surface area contributed by atoms with Gasteiger partial charge >= 0.3 is 0 Å². The van der Waals surface area contributed by atoms with Gasteiger partial charge in [-0.15, -0.1) is 0 Å². The highest BCUT2D eigenvalue weighted by Crippen LogP contribution is 2.22. The maximum Gasteiger partial charge on any atom is 0.246 e. The van der Waals surface area contributed by atoms with Gasteiger partial charge in [0, 0.05) is 12.6 Å². The summed E-state index contributed by atoms with van der Waals surface area (Å²) >= 11 is 0. The highest BCUT2D eigenvalue weighted by molar-refractivity contribution is 5.91. The molecule has 0 saturated carbocycles. The molecule has 0 aliphatic carbocycles. The Morgan fingerprint density at radius 1 is 1.27 bits per heavy atom. The first-order chi connectivity index (χ1) is 10.7. The fraction of sp³-hybridized carbons (Fsp3) is 0.235. The van der Waals surface area contributed by atoms with Crippen LogP contribution in [0, 0.1) is 5.82 Å². The normalized spacial score (nSPS) is 18.8. The summed E-state index contributed by atoms with van der Waals surface area (Å²) in [6, 6.07) is 9.72. The van der Waals surface area contributed by atoms with E-state index in [0.717, 1.165) is 5.56 Å². The topological polar surface area (TPSA) is 42.7 Å². The standard InChI is InChI=1S/C17H16FNO3/c18-14-5-3-13(4-6-14)16-12-19(9-11-22-16)17(20)8-7-15-2-1-10-21-15/h1-8,10,16H,9,11-12H2/b8-7+. The predicted molar refractivity (Wildman–Crippen MR) is 79.4 cm³/mol. The second-order valence-electron chi connectivity index (χ2n) is 5.04. The van der Waals surface area contributed by atoms with Crippen LogP contribution in [0.2, 0.25) is 0 Å². The third kappa shape index (κ3) is 3.43. The first-order valence-electron chi connectivity index (χ1n) is 7.10. The van der Waals surface area contributed by atoms with Crippen molar-refractivity contribution in [2.75, 3.05) is 19.7 Å². The summed E-state index contributed by atoms with van der Waals surface area (Å²) in [6.45, 7) is 1.45. The maximum atomic E-state index is 13.0. The third-order valence-electron chi connectivity index (χ3n) is 3.55. The fourth-order valence-electron chi connectivity index (χ4n) is 2.37. The molecular weight excluding hydrogens is 285 g/mol. The molecule has 2 aromatic rings. The van der Waals surface area contributed by atoms with Crippen LogP contribution in [0.4, 0.5) is 4.39 Å². The van der Waals surface area contributed by atoms with E-state index in [2.05, 4.69) is 0 Å². The van der Waals surface area contributed by atoms with Gasteiger partial charge in [-0.2, -0.15) is 0 Å². The minimum absolute atomic E-state index is 0.0909. The second kappa shape index (κ2) is 6.58. The van der Waals surface area contributed by atoms with Crippen molar-refractivity contribution in [2.24, 2.45) is 0 Å². The fourth-order valence-corrected chi connectivity index (χ4v) is 2.37. The van der Waals surface area contributed by atoms with E-state index in [9.17, 15) is 9.18 Å². The molecule has 0 bridgehead atoms. The van der Waals surface area contributed by atoms with E-state index in [1.54, 1.807) is 41.5 Å². The molecule has 1 unspecified atom stereocenters. The number of amides is 1. The molecule has 0 radical (unpaired) electrons. The average Bonchev–Trinajstić information content (AvgIpc) is 3.07. The van der Waals surface area contributed by atoms with Crippen molar-refractivity contribution in [3.63, 3.8) is 0 Å². The molecule has 5 heteroatoms. The van der Waals surface area contributed by atoms with Gasteiger partial charge in [0.05, 0.1) is 19.4 Å². The van der Waals surface area contributed by atoms with Crippen LogP contribution < -0.4 is 0 Å². The van der Waals surface area contributed by atoms with Gasteiger partial charge in [-0.3, -0.25) is 4.79 Å². The van der Waals surface area contributed by atoms with Crippen molar-refractivity contribution in [1.82, 2.24) is 4.90 Å². The molecule has 3 rings (SSSR count). The average molecular weight is 301 g/mol. The van der Waals surface area contributed by atoms with E-state index in [1.165, 1.54) is 18.2 Å². The molecule has 1 amide bonds. The Morgan fingerprint density at radius 3 is 2.82 bits per heavy atom. The van der Waals surface area contributed by atoms with Crippen LogP contribution in [0.25, 0.3) is 6.08 Å². The molecule has 0 spiro atoms. The van der Waals surface area contributed by atoms with Crippen LogP contribution in [0.15, 0.2) is 53.2 Å².